The van der Waals surface area contributed by atoms with Crippen LogP contribution in [0.4, 0.5) is 21.5 Å². The summed E-state index contributed by atoms with van der Waals surface area (Å²) >= 11 is 0. The van der Waals surface area contributed by atoms with E-state index in [1.165, 1.54) is 12.1 Å². The number of rotatable bonds is 5. The van der Waals surface area contributed by atoms with E-state index in [9.17, 15) is 29.4 Å². The van der Waals surface area contributed by atoms with E-state index in [1.54, 1.807) is 0 Å². The lowest BCUT2D eigenvalue weighted by atomic mass is 10.2. The Hall–Kier alpha value is -3.56. The number of ether oxygens (including phenoxy) is 1. The zero-order valence-electron chi connectivity index (χ0n) is 12.2. The molecule has 0 aliphatic heterocycles. The summed E-state index contributed by atoms with van der Waals surface area (Å²) in [6.07, 6.45) is 0. The minimum absolute atomic E-state index is 0.0810. The van der Waals surface area contributed by atoms with Crippen molar-refractivity contribution in [2.45, 2.75) is 0 Å². The monoisotopic (exact) mass is 335 g/mol. The van der Waals surface area contributed by atoms with Crippen molar-refractivity contribution in [1.82, 2.24) is 0 Å². The van der Waals surface area contributed by atoms with Crippen molar-refractivity contribution in [3.05, 3.63) is 68.0 Å². The SMILES string of the molecule is COc1c([N+](=O)[O-])cc(NC(=O)c2ccc(F)cc2)cc1[N+](=O)[O-]. The van der Waals surface area contributed by atoms with E-state index < -0.39 is 38.7 Å². The smallest absolute Gasteiger partial charge is 0.320 e. The minimum atomic E-state index is -0.862. The normalized spacial score (nSPS) is 10.1. The molecule has 0 unspecified atom stereocenters. The Balaban J connectivity index is 2.43. The molecular weight excluding hydrogens is 325 g/mol. The van der Waals surface area contributed by atoms with Crippen LogP contribution in [-0.2, 0) is 0 Å². The van der Waals surface area contributed by atoms with E-state index in [4.69, 9.17) is 4.74 Å². The maximum absolute atomic E-state index is 12.8. The molecule has 1 N–H and O–H groups in total. The van der Waals surface area contributed by atoms with Crippen LogP contribution in [-0.4, -0.2) is 22.9 Å². The third-order valence-corrected chi connectivity index (χ3v) is 3.01. The predicted octanol–water partition coefficient (Wildman–Crippen LogP) is 2.90. The average molecular weight is 335 g/mol. The third-order valence-electron chi connectivity index (χ3n) is 3.01. The van der Waals surface area contributed by atoms with Gasteiger partial charge in [0.25, 0.3) is 11.7 Å². The molecule has 1 amide bonds. The fourth-order valence-electron chi connectivity index (χ4n) is 1.96. The van der Waals surface area contributed by atoms with Crippen molar-refractivity contribution in [2.24, 2.45) is 0 Å². The van der Waals surface area contributed by atoms with Gasteiger partial charge in [0.2, 0.25) is 0 Å². The van der Waals surface area contributed by atoms with Gasteiger partial charge in [-0.15, -0.1) is 0 Å². The molecule has 0 saturated heterocycles. The third kappa shape index (κ3) is 3.43. The quantitative estimate of drug-likeness (QED) is 0.661. The number of amides is 1. The topological polar surface area (TPSA) is 125 Å². The molecule has 0 aromatic heterocycles. The maximum atomic E-state index is 12.8. The molecule has 2 aromatic carbocycles. The first-order valence-electron chi connectivity index (χ1n) is 6.41. The number of halogens is 1. The highest BCUT2D eigenvalue weighted by Crippen LogP contribution is 2.39. The van der Waals surface area contributed by atoms with Crippen molar-refractivity contribution in [1.29, 1.82) is 0 Å². The molecule has 24 heavy (non-hydrogen) atoms. The van der Waals surface area contributed by atoms with E-state index in [-0.39, 0.29) is 11.3 Å². The largest absolute Gasteiger partial charge is 0.485 e. The van der Waals surface area contributed by atoms with Gasteiger partial charge in [-0.3, -0.25) is 25.0 Å². The lowest BCUT2D eigenvalue weighted by molar-refractivity contribution is -0.395. The van der Waals surface area contributed by atoms with Crippen LogP contribution in [0.2, 0.25) is 0 Å². The fourth-order valence-corrected chi connectivity index (χ4v) is 1.96. The highest BCUT2D eigenvalue weighted by molar-refractivity contribution is 6.04. The van der Waals surface area contributed by atoms with Crippen LogP contribution in [0.3, 0.4) is 0 Å². The van der Waals surface area contributed by atoms with Crippen LogP contribution in [0.25, 0.3) is 0 Å². The van der Waals surface area contributed by atoms with Gasteiger partial charge in [0.05, 0.1) is 22.6 Å². The number of nitro groups is 2. The first-order chi connectivity index (χ1) is 11.3. The van der Waals surface area contributed by atoms with Crippen LogP contribution in [0, 0.1) is 26.0 Å². The molecule has 0 aliphatic rings. The molecular formula is C14H10FN3O6. The van der Waals surface area contributed by atoms with Gasteiger partial charge in [-0.2, -0.15) is 0 Å². The number of hydrogen-bond donors (Lipinski definition) is 1. The second-order valence-corrected chi connectivity index (χ2v) is 4.52. The van der Waals surface area contributed by atoms with Gasteiger partial charge in [-0.25, -0.2) is 4.39 Å². The Kier molecular flexibility index (Phi) is 4.68. The lowest BCUT2D eigenvalue weighted by Gasteiger charge is -2.08. The van der Waals surface area contributed by atoms with E-state index in [0.717, 1.165) is 31.4 Å². The molecule has 124 valence electrons. The number of methoxy groups -OCH3 is 1. The average Bonchev–Trinajstić information content (AvgIpc) is 2.54. The van der Waals surface area contributed by atoms with Gasteiger partial charge in [0.15, 0.2) is 0 Å². The minimum Gasteiger partial charge on any atom is -0.485 e. The van der Waals surface area contributed by atoms with E-state index >= 15 is 0 Å². The fraction of sp³-hybridized carbons (Fsp3) is 0.0714. The maximum Gasteiger partial charge on any atom is 0.320 e. The summed E-state index contributed by atoms with van der Waals surface area (Å²) < 4.78 is 17.6. The highest BCUT2D eigenvalue weighted by Gasteiger charge is 2.28. The summed E-state index contributed by atoms with van der Waals surface area (Å²) in [7, 11) is 1.06. The molecule has 2 rings (SSSR count). The number of carbonyl (C=O) groups is 1. The summed E-state index contributed by atoms with van der Waals surface area (Å²) in [5.41, 5.74) is -1.41. The highest BCUT2D eigenvalue weighted by atomic mass is 19.1. The molecule has 0 spiro atoms. The standard InChI is InChI=1S/C14H10FN3O6/c1-24-13-11(17(20)21)6-10(7-12(13)18(22)23)16-14(19)8-2-4-9(15)5-3-8/h2-7H,1H3,(H,16,19). The Morgan fingerprint density at radius 3 is 2.00 bits per heavy atom. The van der Waals surface area contributed by atoms with Crippen molar-refractivity contribution in [3.63, 3.8) is 0 Å². The molecule has 9 nitrogen and oxygen atoms in total. The molecule has 0 radical (unpaired) electrons. The summed E-state index contributed by atoms with van der Waals surface area (Å²) in [4.78, 5) is 32.4. The first-order valence-corrected chi connectivity index (χ1v) is 6.41. The van der Waals surface area contributed by atoms with Gasteiger partial charge in [0.1, 0.15) is 5.82 Å². The van der Waals surface area contributed by atoms with E-state index in [2.05, 4.69) is 5.32 Å². The van der Waals surface area contributed by atoms with Crippen molar-refractivity contribution < 1.29 is 23.8 Å². The molecule has 10 heteroatoms. The van der Waals surface area contributed by atoms with Gasteiger partial charge in [-0.05, 0) is 24.3 Å². The number of carbonyl (C=O) groups excluding carboxylic acids is 1. The zero-order chi connectivity index (χ0) is 17.9. The number of hydrogen-bond acceptors (Lipinski definition) is 6. The van der Waals surface area contributed by atoms with E-state index in [0.29, 0.717) is 0 Å². The van der Waals surface area contributed by atoms with Gasteiger partial charge < -0.3 is 10.1 Å². The number of nitrogens with zero attached hydrogens (tertiary/aromatic N) is 2. The molecule has 0 fully saturated rings. The van der Waals surface area contributed by atoms with E-state index in [1.807, 2.05) is 0 Å². The molecule has 0 bridgehead atoms. The Morgan fingerprint density at radius 1 is 1.08 bits per heavy atom. The number of nitro benzene ring substituents is 2. The van der Waals surface area contributed by atoms with Gasteiger partial charge >= 0.3 is 11.4 Å². The van der Waals surface area contributed by atoms with Crippen LogP contribution in [0.1, 0.15) is 10.4 Å². The van der Waals surface area contributed by atoms with Gasteiger partial charge in [-0.1, -0.05) is 0 Å². The number of anilines is 1. The second kappa shape index (κ2) is 6.69. The number of benzene rings is 2. The molecule has 0 atom stereocenters. The lowest BCUT2D eigenvalue weighted by Crippen LogP contribution is -2.12. The zero-order valence-corrected chi connectivity index (χ0v) is 12.2. The second-order valence-electron chi connectivity index (χ2n) is 4.52. The summed E-state index contributed by atoms with van der Waals surface area (Å²) in [6, 6.07) is 6.41. The Bertz CT molecular complexity index is 787. The molecule has 2 aromatic rings. The first kappa shape index (κ1) is 16.8. The summed E-state index contributed by atoms with van der Waals surface area (Å²) in [5, 5.41) is 24.4. The van der Waals surface area contributed by atoms with Crippen molar-refractivity contribution >= 4 is 23.0 Å². The van der Waals surface area contributed by atoms with Crippen LogP contribution >= 0.6 is 0 Å². The summed E-state index contributed by atoms with van der Waals surface area (Å²) in [6.45, 7) is 0. The molecule has 0 heterocycles. The van der Waals surface area contributed by atoms with Gasteiger partial charge in [0, 0.05) is 17.7 Å². The van der Waals surface area contributed by atoms with Crippen LogP contribution in [0.5, 0.6) is 5.75 Å². The van der Waals surface area contributed by atoms with Crippen molar-refractivity contribution in [2.75, 3.05) is 12.4 Å². The predicted molar refractivity (Wildman–Crippen MR) is 80.7 cm³/mol. The summed E-state index contributed by atoms with van der Waals surface area (Å²) in [5.74, 6) is -1.77. The van der Waals surface area contributed by atoms with Crippen LogP contribution < -0.4 is 10.1 Å². The Morgan fingerprint density at radius 2 is 1.58 bits per heavy atom. The number of nitrogens with one attached hydrogen (secondary N) is 1. The van der Waals surface area contributed by atoms with Crippen LogP contribution in [0.15, 0.2) is 36.4 Å². The Labute approximate surface area is 134 Å². The van der Waals surface area contributed by atoms with Crippen molar-refractivity contribution in [3.8, 4) is 5.75 Å². The molecule has 0 aliphatic carbocycles. The molecule has 0 saturated carbocycles.